The van der Waals surface area contributed by atoms with Gasteiger partial charge in [-0.15, -0.1) is 0 Å². The minimum atomic E-state index is -1.45. The number of carbonyl (C=O) groups is 1. The first-order valence-corrected chi connectivity index (χ1v) is 12.0. The van der Waals surface area contributed by atoms with E-state index in [0.29, 0.717) is 11.4 Å². The van der Waals surface area contributed by atoms with Gasteiger partial charge in [0.1, 0.15) is 29.1 Å². The molecular formula is C26H30N2O6. The molecule has 0 saturated carbocycles. The molecule has 0 amide bonds. The summed E-state index contributed by atoms with van der Waals surface area (Å²) in [6.45, 7) is 3.26. The van der Waals surface area contributed by atoms with Gasteiger partial charge in [0.25, 0.3) is 0 Å². The first-order chi connectivity index (χ1) is 16.4. The fourth-order valence-electron chi connectivity index (χ4n) is 5.38. The van der Waals surface area contributed by atoms with E-state index < -0.39 is 17.6 Å². The molecule has 8 nitrogen and oxygen atoms in total. The third-order valence-electron chi connectivity index (χ3n) is 7.19. The number of nitrogens with zero attached hydrogens (tertiary/aromatic N) is 2. The van der Waals surface area contributed by atoms with Crippen molar-refractivity contribution in [2.45, 2.75) is 44.6 Å². The molecule has 1 aromatic rings. The highest BCUT2D eigenvalue weighted by Crippen LogP contribution is 2.49. The number of benzene rings is 1. The number of carbonyl (C=O) groups excluding carboxylic acids is 1. The SMILES string of the molecule is O=C1C=C(N2CCCCC2)C=C(O)/C1=C1/C(O)=C(c2c(O)cc(N3CCCCC3)cc2O)C1O. The van der Waals surface area contributed by atoms with Gasteiger partial charge < -0.3 is 35.3 Å². The van der Waals surface area contributed by atoms with Gasteiger partial charge in [0.2, 0.25) is 0 Å². The largest absolute Gasteiger partial charge is 0.507 e. The molecule has 2 fully saturated rings. The molecule has 2 aliphatic carbocycles. The fourth-order valence-corrected chi connectivity index (χ4v) is 5.38. The molecular weight excluding hydrogens is 436 g/mol. The van der Waals surface area contributed by atoms with Crippen molar-refractivity contribution in [2.75, 3.05) is 31.1 Å². The molecule has 180 valence electrons. The second kappa shape index (κ2) is 8.76. The molecule has 1 atom stereocenters. The number of aliphatic hydroxyl groups is 3. The first-order valence-electron chi connectivity index (χ1n) is 12.0. The molecule has 2 aliphatic heterocycles. The summed E-state index contributed by atoms with van der Waals surface area (Å²) in [5.74, 6) is -1.79. The Balaban J connectivity index is 1.47. The Hall–Kier alpha value is -3.39. The van der Waals surface area contributed by atoms with Crippen LogP contribution in [0.25, 0.3) is 5.57 Å². The van der Waals surface area contributed by atoms with Crippen LogP contribution < -0.4 is 4.90 Å². The minimum absolute atomic E-state index is 0.0749. The van der Waals surface area contributed by atoms with Crippen LogP contribution in [0.4, 0.5) is 5.69 Å². The van der Waals surface area contributed by atoms with Gasteiger partial charge in [-0.2, -0.15) is 0 Å². The van der Waals surface area contributed by atoms with Crippen LogP contribution in [-0.4, -0.2) is 68.5 Å². The number of hydrogen-bond donors (Lipinski definition) is 5. The predicted octanol–water partition coefficient (Wildman–Crippen LogP) is 3.42. The fraction of sp³-hybridized carbons (Fsp3) is 0.423. The lowest BCUT2D eigenvalue weighted by Crippen LogP contribution is -2.33. The summed E-state index contributed by atoms with van der Waals surface area (Å²) in [4.78, 5) is 17.0. The number of rotatable bonds is 3. The number of aromatic hydroxyl groups is 2. The average molecular weight is 467 g/mol. The number of ketones is 1. The number of hydrogen-bond acceptors (Lipinski definition) is 8. The molecule has 5 rings (SSSR count). The van der Waals surface area contributed by atoms with Crippen LogP contribution in [0.1, 0.15) is 44.1 Å². The van der Waals surface area contributed by atoms with E-state index in [0.717, 1.165) is 64.7 Å². The molecule has 2 heterocycles. The van der Waals surface area contributed by atoms with Crippen LogP contribution >= 0.6 is 0 Å². The maximum Gasteiger partial charge on any atom is 0.192 e. The lowest BCUT2D eigenvalue weighted by atomic mass is 9.76. The van der Waals surface area contributed by atoms with Crippen LogP contribution in [0.3, 0.4) is 0 Å². The number of anilines is 1. The van der Waals surface area contributed by atoms with Crippen molar-refractivity contribution in [2.24, 2.45) is 0 Å². The van der Waals surface area contributed by atoms with Gasteiger partial charge in [0, 0.05) is 73.0 Å². The highest BCUT2D eigenvalue weighted by Gasteiger charge is 2.42. The smallest absolute Gasteiger partial charge is 0.192 e. The van der Waals surface area contributed by atoms with Gasteiger partial charge in [-0.1, -0.05) is 0 Å². The van der Waals surface area contributed by atoms with Crippen LogP contribution in [0.2, 0.25) is 0 Å². The maximum absolute atomic E-state index is 12.9. The second-order valence-electron chi connectivity index (χ2n) is 9.37. The number of aliphatic hydroxyl groups excluding tert-OH is 3. The molecule has 0 aromatic heterocycles. The quantitative estimate of drug-likeness (QED) is 0.429. The van der Waals surface area contributed by atoms with Crippen molar-refractivity contribution in [3.63, 3.8) is 0 Å². The lowest BCUT2D eigenvalue weighted by Gasteiger charge is -2.34. The number of phenols is 2. The summed E-state index contributed by atoms with van der Waals surface area (Å²) in [7, 11) is 0. The van der Waals surface area contributed by atoms with Gasteiger partial charge in [0.15, 0.2) is 5.78 Å². The molecule has 1 unspecified atom stereocenters. The van der Waals surface area contributed by atoms with E-state index in [2.05, 4.69) is 4.90 Å². The van der Waals surface area contributed by atoms with Crippen molar-refractivity contribution in [1.29, 1.82) is 0 Å². The Labute approximate surface area is 198 Å². The molecule has 34 heavy (non-hydrogen) atoms. The van der Waals surface area contributed by atoms with Crippen LogP contribution in [-0.2, 0) is 4.79 Å². The van der Waals surface area contributed by atoms with E-state index in [-0.39, 0.29) is 39.5 Å². The van der Waals surface area contributed by atoms with Crippen molar-refractivity contribution in [1.82, 2.24) is 4.90 Å². The third kappa shape index (κ3) is 3.72. The molecule has 0 bridgehead atoms. The standard InChI is InChI=1S/C26H30N2O6/c29-17-11-15(27-7-3-1-4-8-27)12-18(30)21(17)23-25(33)24(26(23)34)22-19(31)13-16(14-20(22)32)28-9-5-2-6-10-28/h11-14,25,29-31,33-34H,1-10H2/b24-22-. The molecule has 2 saturated heterocycles. The van der Waals surface area contributed by atoms with Crippen molar-refractivity contribution in [3.8, 4) is 11.5 Å². The Bertz CT molecular complexity index is 1130. The van der Waals surface area contributed by atoms with E-state index in [1.54, 1.807) is 0 Å². The van der Waals surface area contributed by atoms with Gasteiger partial charge >= 0.3 is 0 Å². The average Bonchev–Trinajstić information content (AvgIpc) is 2.84. The van der Waals surface area contributed by atoms with E-state index in [9.17, 15) is 30.3 Å². The Morgan fingerprint density at radius 1 is 0.735 bits per heavy atom. The topological polar surface area (TPSA) is 125 Å². The predicted molar refractivity (Wildman–Crippen MR) is 128 cm³/mol. The van der Waals surface area contributed by atoms with E-state index in [1.807, 2.05) is 4.90 Å². The minimum Gasteiger partial charge on any atom is -0.507 e. The Kier molecular flexibility index (Phi) is 5.77. The van der Waals surface area contributed by atoms with E-state index in [1.165, 1.54) is 24.3 Å². The normalized spacial score (nSPS) is 25.8. The molecule has 5 N–H and O–H groups in total. The Morgan fingerprint density at radius 2 is 1.29 bits per heavy atom. The monoisotopic (exact) mass is 466 g/mol. The summed E-state index contributed by atoms with van der Waals surface area (Å²) in [5, 5.41) is 53.5. The molecule has 1 aromatic carbocycles. The zero-order chi connectivity index (χ0) is 24.0. The molecule has 4 aliphatic rings. The van der Waals surface area contributed by atoms with Crippen molar-refractivity contribution < 1.29 is 30.3 Å². The van der Waals surface area contributed by atoms with Gasteiger partial charge in [-0.05, 0) is 38.5 Å². The van der Waals surface area contributed by atoms with Crippen LogP contribution in [0, 0.1) is 0 Å². The lowest BCUT2D eigenvalue weighted by molar-refractivity contribution is -0.111. The number of piperidine rings is 2. The van der Waals surface area contributed by atoms with Crippen molar-refractivity contribution >= 4 is 17.0 Å². The van der Waals surface area contributed by atoms with E-state index >= 15 is 0 Å². The summed E-state index contributed by atoms with van der Waals surface area (Å²) in [6.07, 6.45) is 7.82. The van der Waals surface area contributed by atoms with Crippen LogP contribution in [0.15, 0.2) is 52.6 Å². The number of likely N-dealkylation sites (tertiary alicyclic amines) is 1. The molecule has 8 heteroatoms. The van der Waals surface area contributed by atoms with Crippen molar-refractivity contribution in [3.05, 3.63) is 58.2 Å². The van der Waals surface area contributed by atoms with E-state index in [4.69, 9.17) is 0 Å². The number of phenolic OH excluding ortho intramolecular Hbond substituents is 2. The summed E-state index contributed by atoms with van der Waals surface area (Å²) in [5.41, 5.74) is 0.859. The first kappa shape index (κ1) is 22.4. The molecule has 0 radical (unpaired) electrons. The third-order valence-corrected chi connectivity index (χ3v) is 7.19. The summed E-state index contributed by atoms with van der Waals surface area (Å²) >= 11 is 0. The summed E-state index contributed by atoms with van der Waals surface area (Å²) < 4.78 is 0. The highest BCUT2D eigenvalue weighted by atomic mass is 16.3. The zero-order valence-corrected chi connectivity index (χ0v) is 19.0. The zero-order valence-electron chi connectivity index (χ0n) is 19.0. The number of allylic oxidation sites excluding steroid dienone is 3. The van der Waals surface area contributed by atoms with Gasteiger partial charge in [0.05, 0.1) is 11.1 Å². The second-order valence-corrected chi connectivity index (χ2v) is 9.37. The van der Waals surface area contributed by atoms with Gasteiger partial charge in [-0.25, -0.2) is 0 Å². The van der Waals surface area contributed by atoms with Crippen LogP contribution in [0.5, 0.6) is 11.5 Å². The Morgan fingerprint density at radius 3 is 1.82 bits per heavy atom. The highest BCUT2D eigenvalue weighted by molar-refractivity contribution is 6.11. The summed E-state index contributed by atoms with van der Waals surface area (Å²) in [6, 6.07) is 3.02. The maximum atomic E-state index is 12.9. The van der Waals surface area contributed by atoms with Gasteiger partial charge in [-0.3, -0.25) is 4.79 Å². The molecule has 0 spiro atoms.